The Morgan fingerprint density at radius 3 is 1.39 bits per heavy atom. The number of rotatable bonds is 44. The first-order valence-corrected chi connectivity index (χ1v) is 31.7. The van der Waals surface area contributed by atoms with Crippen LogP contribution in [0.15, 0.2) is 65.7 Å². The maximum Gasteiger partial charge on any atom is 0.245 e. The summed E-state index contributed by atoms with van der Waals surface area (Å²) in [6.07, 6.45) is -1.66. The molecule has 0 heterocycles. The van der Waals surface area contributed by atoms with Gasteiger partial charge in [0.25, 0.3) is 0 Å². The summed E-state index contributed by atoms with van der Waals surface area (Å²) in [5.41, 5.74) is 34.4. The Balaban J connectivity index is 2.20. The van der Waals surface area contributed by atoms with Crippen molar-refractivity contribution in [2.45, 2.75) is 179 Å². The van der Waals surface area contributed by atoms with Crippen molar-refractivity contribution in [3.05, 3.63) is 71.8 Å². The van der Waals surface area contributed by atoms with E-state index in [9.17, 15) is 77.3 Å². The number of hydrogen-bond acceptors (Lipinski definition) is 19. The molecule has 0 unspecified atom stereocenters. The van der Waals surface area contributed by atoms with Gasteiger partial charge in [-0.05, 0) is 88.8 Å². The summed E-state index contributed by atoms with van der Waals surface area (Å²) >= 11 is 0. The number of aliphatic imine (C=N–C) groups is 1. The summed E-state index contributed by atoms with van der Waals surface area (Å²) in [6, 6.07) is 1.15. The van der Waals surface area contributed by atoms with E-state index < -0.39 is 187 Å². The molecule has 97 heavy (non-hydrogen) atoms. The van der Waals surface area contributed by atoms with Crippen molar-refractivity contribution in [1.29, 1.82) is 0 Å². The lowest BCUT2D eigenvalue weighted by molar-refractivity contribution is -0.137. The summed E-state index contributed by atoms with van der Waals surface area (Å²) in [5.74, 6) is -14.4. The minimum absolute atomic E-state index is 0.000520. The molecule has 14 amide bonds. The Labute approximate surface area is 562 Å². The zero-order valence-electron chi connectivity index (χ0n) is 55.8. The molecule has 0 bridgehead atoms. The summed E-state index contributed by atoms with van der Waals surface area (Å²) in [5, 5.41) is 50.2. The van der Waals surface area contributed by atoms with Gasteiger partial charge in [0.1, 0.15) is 66.5 Å². The predicted molar refractivity (Wildman–Crippen MR) is 354 cm³/mol. The van der Waals surface area contributed by atoms with Crippen LogP contribution in [0.2, 0.25) is 0 Å². The first kappa shape index (κ1) is 83.2. The zero-order chi connectivity index (χ0) is 73.1. The normalized spacial score (nSPS) is 14.7. The Hall–Kier alpha value is -9.87. The van der Waals surface area contributed by atoms with Crippen LogP contribution in [0.1, 0.15) is 105 Å². The highest BCUT2D eigenvalue weighted by molar-refractivity contribution is 6.00. The number of guanidine groups is 1. The Bertz CT molecular complexity index is 3010. The summed E-state index contributed by atoms with van der Waals surface area (Å²) < 4.78 is 0. The van der Waals surface area contributed by atoms with E-state index in [4.69, 9.17) is 34.4 Å². The van der Waals surface area contributed by atoms with Gasteiger partial charge in [-0.15, -0.1) is 0 Å². The first-order chi connectivity index (χ1) is 45.7. The van der Waals surface area contributed by atoms with Crippen molar-refractivity contribution >= 4 is 88.7 Å². The molecule has 0 aliphatic rings. The van der Waals surface area contributed by atoms with Gasteiger partial charge in [0.05, 0.1) is 32.2 Å². The highest BCUT2D eigenvalue weighted by Gasteiger charge is 2.37. The number of carbonyl (C=O) groups is 14. The Morgan fingerprint density at radius 2 is 0.897 bits per heavy atom. The number of aliphatic hydroxyl groups excluding tert-OH is 2. The van der Waals surface area contributed by atoms with E-state index in [1.807, 2.05) is 0 Å². The van der Waals surface area contributed by atoms with Gasteiger partial charge in [-0.3, -0.25) is 72.1 Å². The second kappa shape index (κ2) is 43.3. The second-order valence-electron chi connectivity index (χ2n) is 23.9. The van der Waals surface area contributed by atoms with Crippen molar-refractivity contribution < 1.29 is 77.3 Å². The van der Waals surface area contributed by atoms with Crippen LogP contribution in [0.4, 0.5) is 0 Å². The predicted octanol–water partition coefficient (Wildman–Crippen LogP) is -7.46. The van der Waals surface area contributed by atoms with E-state index in [2.05, 4.69) is 68.8 Å². The molecule has 2 rings (SSSR count). The number of unbranched alkanes of at least 4 members (excludes halogenated alkanes) is 1. The first-order valence-electron chi connectivity index (χ1n) is 31.7. The van der Waals surface area contributed by atoms with Gasteiger partial charge < -0.3 is 108 Å². The van der Waals surface area contributed by atoms with E-state index >= 15 is 0 Å². The molecule has 0 aromatic heterocycles. The summed E-state index contributed by atoms with van der Waals surface area (Å²) in [7, 11) is 0. The summed E-state index contributed by atoms with van der Waals surface area (Å²) in [4.78, 5) is 191. The number of hydrogen-bond donors (Lipinski definition) is 20. The molecule has 0 saturated heterocycles. The lowest BCUT2D eigenvalue weighted by Crippen LogP contribution is -2.62. The molecule has 26 N–H and O–H groups in total. The van der Waals surface area contributed by atoms with E-state index in [1.165, 1.54) is 27.7 Å². The van der Waals surface area contributed by atoms with E-state index in [0.717, 1.165) is 6.92 Å². The van der Waals surface area contributed by atoms with Crippen LogP contribution in [0.3, 0.4) is 0 Å². The average Bonchev–Trinajstić information content (AvgIpc) is 1.09. The fraction of sp³-hybridized carbons (Fsp3) is 0.565. The SMILES string of the molecule is CC(C)C[C@H](NC(=O)[C@H](C)NC(=O)[C@@H](NC(=O)[C@H](CC(N)=O)NC(=O)[C@H](CCCCN)NC(=O)[C@H](Cc1ccccc1)NC(=O)CN)C(C)C)C(=O)N[C@@H](CO)C(=O)N[C@H](C(=O)N[C@@H](C)C(=O)N[C@@H](CCCN=C(N)N)C(=O)NCC(=O)N[C@@H](Cc1ccccc1)C(N)=O)[C@@H](C)O. The molecular weight excluding hydrogens is 1270 g/mol. The maximum atomic E-state index is 14.0. The third-order valence-corrected chi connectivity index (χ3v) is 14.7. The van der Waals surface area contributed by atoms with E-state index in [-0.39, 0.29) is 63.5 Å². The van der Waals surface area contributed by atoms with Crippen molar-refractivity contribution in [3.63, 3.8) is 0 Å². The number of nitrogens with zero attached hydrogens (tertiary/aromatic N) is 1. The van der Waals surface area contributed by atoms with Gasteiger partial charge in [0, 0.05) is 19.4 Å². The van der Waals surface area contributed by atoms with Crippen LogP contribution in [-0.2, 0) is 80.0 Å². The Morgan fingerprint density at radius 1 is 0.454 bits per heavy atom. The lowest BCUT2D eigenvalue weighted by atomic mass is 10.0. The molecule has 0 saturated carbocycles. The highest BCUT2D eigenvalue weighted by Crippen LogP contribution is 2.12. The minimum atomic E-state index is -1.84. The van der Waals surface area contributed by atoms with Crippen LogP contribution < -0.4 is 98.2 Å². The van der Waals surface area contributed by atoms with E-state index in [0.29, 0.717) is 24.0 Å². The van der Waals surface area contributed by atoms with Gasteiger partial charge >= 0.3 is 0 Å². The number of benzene rings is 2. The van der Waals surface area contributed by atoms with Crippen LogP contribution in [-0.4, -0.2) is 204 Å². The molecule has 0 fully saturated rings. The minimum Gasteiger partial charge on any atom is -0.394 e. The number of amides is 14. The van der Waals surface area contributed by atoms with Crippen molar-refractivity contribution in [3.8, 4) is 0 Å². The van der Waals surface area contributed by atoms with Crippen molar-refractivity contribution in [1.82, 2.24) is 63.8 Å². The fourth-order valence-corrected chi connectivity index (χ4v) is 9.36. The third-order valence-electron chi connectivity index (χ3n) is 14.7. The van der Waals surface area contributed by atoms with Gasteiger partial charge in [0.15, 0.2) is 5.96 Å². The molecular formula is C62H99N19O16. The molecule has 2 aromatic carbocycles. The lowest BCUT2D eigenvalue weighted by Gasteiger charge is -2.28. The average molecular weight is 1370 g/mol. The molecule has 538 valence electrons. The van der Waals surface area contributed by atoms with Crippen LogP contribution in [0.5, 0.6) is 0 Å². The smallest absolute Gasteiger partial charge is 0.245 e. The second-order valence-corrected chi connectivity index (χ2v) is 23.9. The third kappa shape index (κ3) is 31.5. The monoisotopic (exact) mass is 1370 g/mol. The fourth-order valence-electron chi connectivity index (χ4n) is 9.36. The van der Waals surface area contributed by atoms with Crippen LogP contribution in [0.25, 0.3) is 0 Å². The summed E-state index contributed by atoms with van der Waals surface area (Å²) in [6.45, 7) is 8.13. The topological polar surface area (TPSA) is 592 Å². The van der Waals surface area contributed by atoms with Gasteiger partial charge in [0.2, 0.25) is 82.7 Å². The molecule has 2 aromatic rings. The van der Waals surface area contributed by atoms with Crippen LogP contribution in [0, 0.1) is 11.8 Å². The molecule has 0 aliphatic carbocycles. The molecule has 12 atom stereocenters. The van der Waals surface area contributed by atoms with Gasteiger partial charge in [-0.25, -0.2) is 0 Å². The van der Waals surface area contributed by atoms with Crippen LogP contribution >= 0.6 is 0 Å². The number of primary amides is 2. The van der Waals surface area contributed by atoms with Crippen molar-refractivity contribution in [2.75, 3.05) is 32.8 Å². The quantitative estimate of drug-likeness (QED) is 0.0166. The molecule has 0 radical (unpaired) electrons. The number of nitrogens with two attached hydrogens (primary N) is 6. The molecule has 0 aliphatic heterocycles. The number of carbonyl (C=O) groups excluding carboxylic acids is 14. The largest absolute Gasteiger partial charge is 0.394 e. The molecule has 0 spiro atoms. The number of aliphatic hydroxyl groups is 2. The molecule has 35 nitrogen and oxygen atoms in total. The standard InChI is InChI=1S/C62H99N19O16/c1-32(2)25-42(77-53(89)35(6)71-60(96)49(33(3)4)80-58(94)44(28-46(65)84)78-55(91)40(21-14-15-23-63)76-57(93)43(74-47(85)29-64)27-38-19-12-9-13-20-38)56(92)79-45(31-82)59(95)81-50(36(7)83)61(97)72-34(5)52(88)75-39(22-16-24-69-62(67)68)54(90)70-30-48(86)73-41(51(66)87)26-37-17-10-8-11-18-37/h8-13,17-20,32-36,39-45,49-50,82-83H,14-16,21-31,63-64H2,1-7H3,(H2,65,84)(H2,66,87)(H,70,90)(H,71,96)(H,72,97)(H,73,86)(H,74,85)(H,75,88)(H,76,93)(H,77,89)(H,78,91)(H,79,92)(H,80,94)(H,81,95)(H4,67,68,69)/t34-,35-,36+,39-,40-,41-,42-,43-,44-,45-,49-,50-/m0/s1. The highest BCUT2D eigenvalue weighted by atomic mass is 16.3. The molecule has 35 heteroatoms. The van der Waals surface area contributed by atoms with Crippen molar-refractivity contribution in [2.24, 2.45) is 51.2 Å². The van der Waals surface area contributed by atoms with Gasteiger partial charge in [-0.1, -0.05) is 88.4 Å². The van der Waals surface area contributed by atoms with Gasteiger partial charge in [-0.2, -0.15) is 0 Å². The number of nitrogens with one attached hydrogen (secondary N) is 12. The zero-order valence-corrected chi connectivity index (χ0v) is 55.8. The van der Waals surface area contributed by atoms with E-state index in [1.54, 1.807) is 74.5 Å². The Kier molecular flexibility index (Phi) is 37.1. The maximum absolute atomic E-state index is 14.0.